The Labute approximate surface area is 190 Å². The summed E-state index contributed by atoms with van der Waals surface area (Å²) in [5.74, 6) is 0. The van der Waals surface area contributed by atoms with Gasteiger partial charge in [-0.2, -0.15) is 0 Å². The summed E-state index contributed by atoms with van der Waals surface area (Å²) in [6.45, 7) is 6.10. The average Bonchev–Trinajstić information content (AvgIpc) is 3.26. The van der Waals surface area contributed by atoms with Gasteiger partial charge in [-0.15, -0.1) is 0 Å². The monoisotopic (exact) mass is 442 g/mol. The maximum atomic E-state index is 12.7. The maximum absolute atomic E-state index is 12.7. The van der Waals surface area contributed by atoms with E-state index in [2.05, 4.69) is 19.9 Å². The highest BCUT2D eigenvalue weighted by Gasteiger charge is 2.19. The molecule has 4 aromatic rings. The first-order valence-corrected chi connectivity index (χ1v) is 10.7. The Morgan fingerprint density at radius 1 is 0.879 bits per heavy atom. The van der Waals surface area contributed by atoms with E-state index < -0.39 is 17.2 Å². The Bertz CT molecular complexity index is 1510. The molecule has 4 rings (SSSR count). The van der Waals surface area contributed by atoms with E-state index >= 15 is 0 Å². The maximum Gasteiger partial charge on any atom is 0.272 e. The molecule has 0 amide bonds. The lowest BCUT2D eigenvalue weighted by atomic mass is 9.90. The molecule has 168 valence electrons. The summed E-state index contributed by atoms with van der Waals surface area (Å²) in [6, 6.07) is 16.5. The van der Waals surface area contributed by atoms with Crippen LogP contribution >= 0.6 is 0 Å². The average molecular weight is 443 g/mol. The van der Waals surface area contributed by atoms with Gasteiger partial charge in [0, 0.05) is 11.1 Å². The van der Waals surface area contributed by atoms with Crippen LogP contribution in [0.5, 0.6) is 0 Å². The van der Waals surface area contributed by atoms with Crippen molar-refractivity contribution in [2.45, 2.75) is 32.3 Å². The summed E-state index contributed by atoms with van der Waals surface area (Å²) in [5.41, 5.74) is 2.56. The first-order chi connectivity index (χ1) is 15.7. The van der Waals surface area contributed by atoms with Crippen LogP contribution in [-0.4, -0.2) is 25.0 Å². The minimum atomic E-state index is -0.792. The van der Waals surface area contributed by atoms with Crippen molar-refractivity contribution in [1.82, 2.24) is 19.9 Å². The number of benzene rings is 2. The fourth-order valence-corrected chi connectivity index (χ4v) is 3.66. The highest BCUT2D eigenvalue weighted by molar-refractivity contribution is 5.51. The van der Waals surface area contributed by atoms with Crippen LogP contribution in [0.1, 0.15) is 55.0 Å². The van der Waals surface area contributed by atoms with Gasteiger partial charge in [0.2, 0.25) is 0 Å². The van der Waals surface area contributed by atoms with Crippen molar-refractivity contribution in [2.75, 3.05) is 0 Å². The van der Waals surface area contributed by atoms with Crippen LogP contribution in [0.15, 0.2) is 70.5 Å². The van der Waals surface area contributed by atoms with Gasteiger partial charge in [0.15, 0.2) is 0 Å². The van der Waals surface area contributed by atoms with Crippen molar-refractivity contribution in [3.8, 4) is 0 Å². The normalized spacial score (nSPS) is 13.9. The molecule has 4 N–H and O–H groups in total. The Morgan fingerprint density at radius 3 is 2.18 bits per heavy atom. The van der Waals surface area contributed by atoms with Gasteiger partial charge in [-0.05, 0) is 34.9 Å². The van der Waals surface area contributed by atoms with Crippen LogP contribution in [0, 0.1) is 0 Å². The Morgan fingerprint density at radius 2 is 1.52 bits per heavy atom. The molecule has 0 spiro atoms. The fourth-order valence-electron chi connectivity index (χ4n) is 3.66. The zero-order valence-corrected chi connectivity index (χ0v) is 18.7. The van der Waals surface area contributed by atoms with E-state index in [-0.39, 0.29) is 16.1 Å². The summed E-state index contributed by atoms with van der Waals surface area (Å²) in [4.78, 5) is 38.0. The van der Waals surface area contributed by atoms with E-state index in [1.54, 1.807) is 36.7 Å². The largest absolute Gasteiger partial charge is 0.384 e. The van der Waals surface area contributed by atoms with Crippen molar-refractivity contribution < 1.29 is 5.11 Å². The van der Waals surface area contributed by atoms with Crippen molar-refractivity contribution in [3.05, 3.63) is 120 Å². The molecule has 0 saturated carbocycles. The molecule has 33 heavy (non-hydrogen) atoms. The number of hydrogen-bond donors (Lipinski definition) is 4. The predicted octanol–water partition coefficient (Wildman–Crippen LogP) is 1.82. The van der Waals surface area contributed by atoms with Crippen LogP contribution in [0.25, 0.3) is 12.2 Å². The highest BCUT2D eigenvalue weighted by atomic mass is 16.3. The molecule has 0 aliphatic rings. The first kappa shape index (κ1) is 22.2. The molecule has 0 bridgehead atoms. The standard InChI is InChI=1S/C26H26N4O3/c1-26(2,3)23-19(27-15-28-23)14-21-25(33)29-20(24(32)30-21)13-16-8-7-11-18(12-16)22(31)17-9-5-4-6-10-17/h4-15,22,31H,1-3H3,(H,27,28)(H,29,33)(H,30,32)/b20-13-,21-14-. The molecule has 2 aromatic heterocycles. The third-order valence-corrected chi connectivity index (χ3v) is 5.34. The minimum absolute atomic E-state index is 0.126. The summed E-state index contributed by atoms with van der Waals surface area (Å²) < 4.78 is 0. The number of imidazole rings is 1. The van der Waals surface area contributed by atoms with Crippen molar-refractivity contribution in [3.63, 3.8) is 0 Å². The fraction of sp³-hybridized carbons (Fsp3) is 0.192. The molecular formula is C26H26N4O3. The third-order valence-electron chi connectivity index (χ3n) is 5.34. The van der Waals surface area contributed by atoms with Gasteiger partial charge >= 0.3 is 0 Å². The van der Waals surface area contributed by atoms with Gasteiger partial charge in [0.25, 0.3) is 11.1 Å². The topological polar surface area (TPSA) is 115 Å². The van der Waals surface area contributed by atoms with Gasteiger partial charge in [0.05, 0.1) is 12.0 Å². The van der Waals surface area contributed by atoms with Gasteiger partial charge in [0.1, 0.15) is 16.8 Å². The molecule has 1 atom stereocenters. The van der Waals surface area contributed by atoms with Crippen molar-refractivity contribution in [2.24, 2.45) is 0 Å². The molecule has 0 saturated heterocycles. The number of aromatic amines is 3. The minimum Gasteiger partial charge on any atom is -0.384 e. The second-order valence-electron chi connectivity index (χ2n) is 8.92. The first-order valence-electron chi connectivity index (χ1n) is 10.7. The Kier molecular flexibility index (Phi) is 5.98. The Hall–Kier alpha value is -3.97. The summed E-state index contributed by atoms with van der Waals surface area (Å²) >= 11 is 0. The number of nitrogens with one attached hydrogen (secondary N) is 3. The zero-order valence-electron chi connectivity index (χ0n) is 18.7. The predicted molar refractivity (Wildman–Crippen MR) is 128 cm³/mol. The molecule has 0 aliphatic carbocycles. The molecule has 2 heterocycles. The van der Waals surface area contributed by atoms with Crippen LogP contribution < -0.4 is 21.8 Å². The third kappa shape index (κ3) is 4.94. The van der Waals surface area contributed by atoms with E-state index in [4.69, 9.17) is 0 Å². The molecule has 0 radical (unpaired) electrons. The summed E-state index contributed by atoms with van der Waals surface area (Å²) in [5, 5.41) is 10.9. The van der Waals surface area contributed by atoms with Crippen LogP contribution in [0.4, 0.5) is 0 Å². The van der Waals surface area contributed by atoms with E-state index in [0.717, 1.165) is 11.3 Å². The second kappa shape index (κ2) is 8.88. The molecular weight excluding hydrogens is 416 g/mol. The SMILES string of the molecule is CC(C)(C)c1[nH]cnc1/C=c1\[nH]c(=O)/c(=C/c2cccc(C(O)c3ccccc3)c2)[nH]c1=O. The van der Waals surface area contributed by atoms with Gasteiger partial charge < -0.3 is 20.1 Å². The molecule has 1 unspecified atom stereocenters. The smallest absolute Gasteiger partial charge is 0.272 e. The van der Waals surface area contributed by atoms with Gasteiger partial charge in [-0.25, -0.2) is 4.98 Å². The molecule has 7 heteroatoms. The summed E-state index contributed by atoms with van der Waals surface area (Å²) in [6.07, 6.45) is 3.93. The number of hydrogen-bond acceptors (Lipinski definition) is 4. The van der Waals surface area contributed by atoms with Crippen LogP contribution in [-0.2, 0) is 5.41 Å². The quantitative estimate of drug-likeness (QED) is 0.386. The van der Waals surface area contributed by atoms with Crippen LogP contribution in [0.2, 0.25) is 0 Å². The lowest BCUT2D eigenvalue weighted by Gasteiger charge is -2.16. The van der Waals surface area contributed by atoms with E-state index in [9.17, 15) is 14.7 Å². The zero-order chi connectivity index (χ0) is 23.6. The second-order valence-corrected chi connectivity index (χ2v) is 8.92. The van der Waals surface area contributed by atoms with Crippen molar-refractivity contribution in [1.29, 1.82) is 0 Å². The molecule has 2 aromatic carbocycles. The van der Waals surface area contributed by atoms with E-state index in [0.29, 0.717) is 16.8 Å². The number of aliphatic hydroxyl groups is 1. The van der Waals surface area contributed by atoms with Gasteiger partial charge in [-0.3, -0.25) is 9.59 Å². The number of aliphatic hydroxyl groups excluding tert-OH is 1. The van der Waals surface area contributed by atoms with Crippen LogP contribution in [0.3, 0.4) is 0 Å². The number of aromatic nitrogens is 4. The summed E-state index contributed by atoms with van der Waals surface area (Å²) in [7, 11) is 0. The lowest BCUT2D eigenvalue weighted by Crippen LogP contribution is -2.46. The number of rotatable bonds is 4. The highest BCUT2D eigenvalue weighted by Crippen LogP contribution is 2.23. The van der Waals surface area contributed by atoms with E-state index in [1.165, 1.54) is 0 Å². The number of nitrogens with zero attached hydrogens (tertiary/aromatic N) is 1. The molecule has 0 aliphatic heterocycles. The van der Waals surface area contributed by atoms with E-state index in [1.807, 2.05) is 57.2 Å². The Balaban J connectivity index is 1.73. The lowest BCUT2D eigenvalue weighted by molar-refractivity contribution is 0.220. The number of H-pyrrole nitrogens is 3. The molecule has 0 fully saturated rings. The molecule has 7 nitrogen and oxygen atoms in total. The van der Waals surface area contributed by atoms with Gasteiger partial charge in [-0.1, -0.05) is 69.3 Å². The van der Waals surface area contributed by atoms with Crippen molar-refractivity contribution >= 4 is 12.2 Å².